The van der Waals surface area contributed by atoms with E-state index in [9.17, 15) is 19.2 Å². The first-order valence-corrected chi connectivity index (χ1v) is 9.43. The van der Waals surface area contributed by atoms with Crippen LogP contribution in [0.2, 0.25) is 0 Å². The summed E-state index contributed by atoms with van der Waals surface area (Å²) in [7, 11) is 0. The van der Waals surface area contributed by atoms with Crippen molar-refractivity contribution in [3.8, 4) is 0 Å². The number of benzene rings is 3. The normalized spacial score (nSPS) is 12.7. The monoisotopic (exact) mass is 402 g/mol. The number of hydrogen-bond donors (Lipinski definition) is 1. The number of nitrogens with one attached hydrogen (secondary N) is 1. The van der Waals surface area contributed by atoms with E-state index in [2.05, 4.69) is 5.32 Å². The van der Waals surface area contributed by atoms with Gasteiger partial charge in [-0.2, -0.15) is 0 Å². The predicted octanol–water partition coefficient (Wildman–Crippen LogP) is 3.01. The van der Waals surface area contributed by atoms with Crippen LogP contribution in [0.25, 0.3) is 10.8 Å². The zero-order valence-electron chi connectivity index (χ0n) is 16.0. The molecule has 0 saturated heterocycles. The molecule has 0 bridgehead atoms. The highest BCUT2D eigenvalue weighted by Gasteiger charge is 2.35. The summed E-state index contributed by atoms with van der Waals surface area (Å²) in [6, 6.07) is 19.6. The Morgan fingerprint density at radius 3 is 2.20 bits per heavy atom. The molecule has 0 aromatic heterocycles. The van der Waals surface area contributed by atoms with Crippen LogP contribution in [0.3, 0.4) is 0 Å². The number of hydrogen-bond acceptors (Lipinski definition) is 5. The van der Waals surface area contributed by atoms with Gasteiger partial charge < -0.3 is 10.1 Å². The van der Waals surface area contributed by atoms with Gasteiger partial charge in [0.1, 0.15) is 0 Å². The summed E-state index contributed by atoms with van der Waals surface area (Å²) in [6.45, 7) is -0.555. The van der Waals surface area contributed by atoms with Gasteiger partial charge in [-0.05, 0) is 23.6 Å². The van der Waals surface area contributed by atoms with Crippen LogP contribution in [0, 0.1) is 0 Å². The number of esters is 1. The minimum absolute atomic E-state index is 0.101. The van der Waals surface area contributed by atoms with Crippen molar-refractivity contribution < 1.29 is 23.9 Å². The molecule has 0 aliphatic carbocycles. The standard InChI is InChI=1S/C23H18N2O5/c26-20(24-19-11-5-7-15-6-1-2-8-16(15)19)14-30-21(27)12-13-25-22(28)17-9-3-4-10-18(17)23(25)29/h1-11H,12-14H2,(H,24,26). The van der Waals surface area contributed by atoms with E-state index in [0.717, 1.165) is 15.7 Å². The molecule has 0 saturated carbocycles. The lowest BCUT2D eigenvalue weighted by atomic mass is 10.1. The molecular formula is C23H18N2O5. The summed E-state index contributed by atoms with van der Waals surface area (Å²) in [5.41, 5.74) is 1.27. The Morgan fingerprint density at radius 1 is 0.833 bits per heavy atom. The van der Waals surface area contributed by atoms with Gasteiger partial charge in [-0.3, -0.25) is 24.1 Å². The molecule has 0 fully saturated rings. The van der Waals surface area contributed by atoms with Crippen molar-refractivity contribution >= 4 is 40.2 Å². The molecule has 3 aromatic carbocycles. The second-order valence-corrected chi connectivity index (χ2v) is 6.79. The van der Waals surface area contributed by atoms with Crippen molar-refractivity contribution in [3.05, 3.63) is 77.9 Å². The molecule has 1 aliphatic rings. The van der Waals surface area contributed by atoms with Gasteiger partial charge in [0.25, 0.3) is 17.7 Å². The van der Waals surface area contributed by atoms with Crippen molar-refractivity contribution in [1.82, 2.24) is 4.90 Å². The molecular weight excluding hydrogens is 384 g/mol. The van der Waals surface area contributed by atoms with Gasteiger partial charge in [0.15, 0.2) is 6.61 Å². The lowest BCUT2D eigenvalue weighted by molar-refractivity contribution is -0.147. The zero-order valence-corrected chi connectivity index (χ0v) is 16.0. The molecule has 1 N–H and O–H groups in total. The smallest absolute Gasteiger partial charge is 0.308 e. The second-order valence-electron chi connectivity index (χ2n) is 6.79. The van der Waals surface area contributed by atoms with Gasteiger partial charge in [0.05, 0.1) is 17.5 Å². The van der Waals surface area contributed by atoms with Gasteiger partial charge in [0, 0.05) is 17.6 Å². The summed E-state index contributed by atoms with van der Waals surface area (Å²) < 4.78 is 5.00. The molecule has 0 atom stereocenters. The van der Waals surface area contributed by atoms with Crippen LogP contribution < -0.4 is 5.32 Å². The average molecular weight is 402 g/mol. The molecule has 7 nitrogen and oxygen atoms in total. The molecule has 0 unspecified atom stereocenters. The van der Waals surface area contributed by atoms with Gasteiger partial charge in [-0.25, -0.2) is 0 Å². The van der Waals surface area contributed by atoms with Crippen LogP contribution >= 0.6 is 0 Å². The van der Waals surface area contributed by atoms with Gasteiger partial charge in [-0.1, -0.05) is 48.5 Å². The molecule has 4 rings (SSSR count). The maximum atomic E-state index is 12.3. The number of imide groups is 1. The molecule has 3 aromatic rings. The van der Waals surface area contributed by atoms with Gasteiger partial charge in [0.2, 0.25) is 0 Å². The Morgan fingerprint density at radius 2 is 1.47 bits per heavy atom. The van der Waals surface area contributed by atoms with E-state index in [0.29, 0.717) is 16.8 Å². The minimum Gasteiger partial charge on any atom is -0.456 e. The number of rotatable bonds is 6. The molecule has 0 spiro atoms. The fourth-order valence-electron chi connectivity index (χ4n) is 3.38. The summed E-state index contributed by atoms with van der Waals surface area (Å²) in [4.78, 5) is 49.8. The average Bonchev–Trinajstić information content (AvgIpc) is 3.01. The van der Waals surface area contributed by atoms with Gasteiger partial charge >= 0.3 is 5.97 Å². The van der Waals surface area contributed by atoms with E-state index >= 15 is 0 Å². The Balaban J connectivity index is 1.29. The highest BCUT2D eigenvalue weighted by Crippen LogP contribution is 2.23. The van der Waals surface area contributed by atoms with Crippen molar-refractivity contribution in [2.45, 2.75) is 6.42 Å². The third-order valence-electron chi connectivity index (χ3n) is 4.85. The summed E-state index contributed by atoms with van der Waals surface area (Å²) in [5, 5.41) is 4.59. The molecule has 1 aliphatic heterocycles. The quantitative estimate of drug-likeness (QED) is 0.505. The third kappa shape index (κ3) is 3.77. The van der Waals surface area contributed by atoms with Crippen molar-refractivity contribution in [2.24, 2.45) is 0 Å². The Labute approximate surface area is 172 Å². The zero-order chi connectivity index (χ0) is 21.1. The highest BCUT2D eigenvalue weighted by atomic mass is 16.5. The van der Waals surface area contributed by atoms with Crippen LogP contribution in [0.1, 0.15) is 27.1 Å². The number of carbonyl (C=O) groups is 4. The van der Waals surface area contributed by atoms with Crippen molar-refractivity contribution in [3.63, 3.8) is 0 Å². The second kappa shape index (κ2) is 8.16. The summed E-state index contributed by atoms with van der Waals surface area (Å²) in [6.07, 6.45) is -0.187. The molecule has 150 valence electrons. The van der Waals surface area contributed by atoms with E-state index in [1.54, 1.807) is 30.3 Å². The van der Waals surface area contributed by atoms with E-state index in [1.807, 2.05) is 36.4 Å². The molecule has 30 heavy (non-hydrogen) atoms. The maximum absolute atomic E-state index is 12.3. The predicted molar refractivity (Wildman–Crippen MR) is 110 cm³/mol. The first-order valence-electron chi connectivity index (χ1n) is 9.43. The largest absolute Gasteiger partial charge is 0.456 e. The van der Waals surface area contributed by atoms with Crippen molar-refractivity contribution in [2.75, 3.05) is 18.5 Å². The fourth-order valence-corrected chi connectivity index (χ4v) is 3.38. The number of amides is 3. The van der Waals surface area contributed by atoms with E-state index < -0.39 is 30.3 Å². The Bertz CT molecular complexity index is 1130. The first kappa shape index (κ1) is 19.3. The number of nitrogens with zero attached hydrogens (tertiary/aromatic N) is 1. The molecule has 7 heteroatoms. The SMILES string of the molecule is O=C(COC(=O)CCN1C(=O)c2ccccc2C1=O)Nc1cccc2ccccc12. The molecule has 3 amide bonds. The topological polar surface area (TPSA) is 92.8 Å². The van der Waals surface area contributed by atoms with Gasteiger partial charge in [-0.15, -0.1) is 0 Å². The Hall–Kier alpha value is -4.00. The van der Waals surface area contributed by atoms with Crippen LogP contribution in [0.15, 0.2) is 66.7 Å². The van der Waals surface area contributed by atoms with Crippen molar-refractivity contribution in [1.29, 1.82) is 0 Å². The molecule has 0 radical (unpaired) electrons. The lowest BCUT2D eigenvalue weighted by Crippen LogP contribution is -2.32. The number of ether oxygens (including phenoxy) is 1. The summed E-state index contributed by atoms with van der Waals surface area (Å²) in [5.74, 6) is -2.01. The minimum atomic E-state index is -0.667. The number of fused-ring (bicyclic) bond motifs is 2. The van der Waals surface area contributed by atoms with E-state index in [-0.39, 0.29) is 13.0 Å². The van der Waals surface area contributed by atoms with E-state index in [4.69, 9.17) is 4.74 Å². The maximum Gasteiger partial charge on any atom is 0.308 e. The lowest BCUT2D eigenvalue weighted by Gasteiger charge is -2.13. The number of anilines is 1. The van der Waals surface area contributed by atoms with Crippen LogP contribution in [-0.2, 0) is 14.3 Å². The molecule has 1 heterocycles. The highest BCUT2D eigenvalue weighted by molar-refractivity contribution is 6.21. The number of carbonyl (C=O) groups excluding carboxylic acids is 4. The third-order valence-corrected chi connectivity index (χ3v) is 4.85. The fraction of sp³-hybridized carbons (Fsp3) is 0.130. The summed E-state index contributed by atoms with van der Waals surface area (Å²) >= 11 is 0. The first-order chi connectivity index (χ1) is 14.5. The Kier molecular flexibility index (Phi) is 5.26. The van der Waals surface area contributed by atoms with E-state index in [1.165, 1.54) is 0 Å². The van der Waals surface area contributed by atoms with Crippen LogP contribution in [0.4, 0.5) is 5.69 Å². The van der Waals surface area contributed by atoms with Crippen LogP contribution in [0.5, 0.6) is 0 Å². The van der Waals surface area contributed by atoms with Crippen LogP contribution in [-0.4, -0.2) is 41.7 Å².